The maximum Gasteiger partial charge on any atom is 0.249 e. The van der Waals surface area contributed by atoms with Crippen LogP contribution >= 0.6 is 0 Å². The Balaban J connectivity index is 2.02. The molecule has 140 valence electrons. The van der Waals surface area contributed by atoms with Gasteiger partial charge in [-0.1, -0.05) is 27.4 Å². The fourth-order valence-corrected chi connectivity index (χ4v) is 2.72. The Morgan fingerprint density at radius 1 is 1.42 bits per heavy atom. The number of aromatic nitrogens is 1. The Labute approximate surface area is 153 Å². The van der Waals surface area contributed by atoms with Crippen LogP contribution in [-0.4, -0.2) is 35.1 Å². The van der Waals surface area contributed by atoms with Gasteiger partial charge in [-0.25, -0.2) is 9.37 Å². The maximum absolute atomic E-state index is 13.1. The SMILES string of the molecule is C=C(F)c1ccc(N2CCCC2C(=O)NC(=O)CC(=N)C(C)(C)C)nc1. The van der Waals surface area contributed by atoms with E-state index in [1.54, 1.807) is 12.1 Å². The number of pyridine rings is 1. The first-order valence-electron chi connectivity index (χ1n) is 8.58. The molecule has 7 heteroatoms. The lowest BCUT2D eigenvalue weighted by atomic mass is 9.88. The number of imide groups is 1. The van der Waals surface area contributed by atoms with Gasteiger partial charge in [-0.15, -0.1) is 0 Å². The van der Waals surface area contributed by atoms with Gasteiger partial charge in [0.05, 0.1) is 6.42 Å². The largest absolute Gasteiger partial charge is 0.345 e. The molecule has 2 heterocycles. The first-order chi connectivity index (χ1) is 12.1. The lowest BCUT2D eigenvalue weighted by Crippen LogP contribution is -2.46. The highest BCUT2D eigenvalue weighted by atomic mass is 19.1. The van der Waals surface area contributed by atoms with Gasteiger partial charge in [0.2, 0.25) is 11.8 Å². The molecule has 0 aromatic carbocycles. The van der Waals surface area contributed by atoms with Crippen molar-refractivity contribution in [1.29, 1.82) is 5.41 Å². The summed E-state index contributed by atoms with van der Waals surface area (Å²) >= 11 is 0. The van der Waals surface area contributed by atoms with Gasteiger partial charge in [0, 0.05) is 29.4 Å². The molecular formula is C19H25FN4O2. The minimum Gasteiger partial charge on any atom is -0.345 e. The first-order valence-corrected chi connectivity index (χ1v) is 8.58. The number of amides is 2. The average Bonchev–Trinajstić information content (AvgIpc) is 3.03. The van der Waals surface area contributed by atoms with Crippen molar-refractivity contribution in [3.05, 3.63) is 30.5 Å². The molecule has 1 aliphatic rings. The zero-order valence-electron chi connectivity index (χ0n) is 15.4. The highest BCUT2D eigenvalue weighted by Crippen LogP contribution is 2.25. The van der Waals surface area contributed by atoms with Crippen LogP contribution in [0.5, 0.6) is 0 Å². The van der Waals surface area contributed by atoms with Crippen LogP contribution in [0.3, 0.4) is 0 Å². The number of nitrogens with zero attached hydrogens (tertiary/aromatic N) is 2. The highest BCUT2D eigenvalue weighted by Gasteiger charge is 2.33. The summed E-state index contributed by atoms with van der Waals surface area (Å²) in [7, 11) is 0. The third-order valence-corrected chi connectivity index (χ3v) is 4.42. The Kier molecular flexibility index (Phi) is 5.90. The van der Waals surface area contributed by atoms with Crippen molar-refractivity contribution in [3.8, 4) is 0 Å². The van der Waals surface area contributed by atoms with Crippen LogP contribution in [0.4, 0.5) is 10.2 Å². The molecule has 0 spiro atoms. The zero-order valence-corrected chi connectivity index (χ0v) is 15.4. The van der Waals surface area contributed by atoms with E-state index in [2.05, 4.69) is 16.9 Å². The fraction of sp³-hybridized carbons (Fsp3) is 0.474. The number of halogens is 1. The molecular weight excluding hydrogens is 335 g/mol. The lowest BCUT2D eigenvalue weighted by Gasteiger charge is -2.25. The van der Waals surface area contributed by atoms with Gasteiger partial charge in [-0.05, 0) is 25.0 Å². The summed E-state index contributed by atoms with van der Waals surface area (Å²) in [6.45, 7) is 9.42. The molecule has 1 aromatic heterocycles. The van der Waals surface area contributed by atoms with Crippen molar-refractivity contribution in [2.24, 2.45) is 5.41 Å². The summed E-state index contributed by atoms with van der Waals surface area (Å²) in [6.07, 6.45) is 2.67. The van der Waals surface area contributed by atoms with E-state index in [1.165, 1.54) is 6.20 Å². The van der Waals surface area contributed by atoms with E-state index in [0.717, 1.165) is 6.42 Å². The summed E-state index contributed by atoms with van der Waals surface area (Å²) in [5.41, 5.74) is 0.158. The average molecular weight is 360 g/mol. The quantitative estimate of drug-likeness (QED) is 0.790. The summed E-state index contributed by atoms with van der Waals surface area (Å²) in [5.74, 6) is -0.872. The molecule has 0 saturated carbocycles. The van der Waals surface area contributed by atoms with E-state index in [0.29, 0.717) is 24.3 Å². The number of anilines is 1. The van der Waals surface area contributed by atoms with Crippen molar-refractivity contribution in [2.45, 2.75) is 46.1 Å². The molecule has 1 atom stereocenters. The van der Waals surface area contributed by atoms with Crippen LogP contribution in [0.2, 0.25) is 0 Å². The third kappa shape index (κ3) is 4.74. The molecule has 2 rings (SSSR count). The smallest absolute Gasteiger partial charge is 0.249 e. The highest BCUT2D eigenvalue weighted by molar-refractivity contribution is 6.08. The van der Waals surface area contributed by atoms with Gasteiger partial charge in [-0.3, -0.25) is 14.9 Å². The van der Waals surface area contributed by atoms with E-state index in [1.807, 2.05) is 25.7 Å². The molecule has 1 fully saturated rings. The van der Waals surface area contributed by atoms with Crippen molar-refractivity contribution >= 4 is 29.2 Å². The number of rotatable bonds is 5. The van der Waals surface area contributed by atoms with Crippen LogP contribution in [0.25, 0.3) is 5.83 Å². The Hall–Kier alpha value is -2.57. The van der Waals surface area contributed by atoms with Gasteiger partial charge >= 0.3 is 0 Å². The fourth-order valence-electron chi connectivity index (χ4n) is 2.72. The molecule has 26 heavy (non-hydrogen) atoms. The zero-order chi connectivity index (χ0) is 19.5. The monoisotopic (exact) mass is 360 g/mol. The lowest BCUT2D eigenvalue weighted by molar-refractivity contribution is -0.130. The molecule has 1 aromatic rings. The molecule has 0 aliphatic carbocycles. The third-order valence-electron chi connectivity index (χ3n) is 4.42. The minimum atomic E-state index is -0.563. The number of carbonyl (C=O) groups is 2. The Morgan fingerprint density at radius 3 is 2.65 bits per heavy atom. The van der Waals surface area contributed by atoms with Crippen molar-refractivity contribution in [3.63, 3.8) is 0 Å². The van der Waals surface area contributed by atoms with Gasteiger partial charge in [-0.2, -0.15) is 0 Å². The molecule has 1 unspecified atom stereocenters. The number of hydrogen-bond donors (Lipinski definition) is 2. The van der Waals surface area contributed by atoms with Crippen LogP contribution < -0.4 is 10.2 Å². The predicted octanol–water partition coefficient (Wildman–Crippen LogP) is 3.09. The molecule has 0 radical (unpaired) electrons. The second kappa shape index (κ2) is 7.76. The Morgan fingerprint density at radius 2 is 2.12 bits per heavy atom. The van der Waals surface area contributed by atoms with E-state index < -0.39 is 29.1 Å². The minimum absolute atomic E-state index is 0.104. The number of hydrogen-bond acceptors (Lipinski definition) is 5. The van der Waals surface area contributed by atoms with Crippen molar-refractivity contribution in [2.75, 3.05) is 11.4 Å². The maximum atomic E-state index is 13.1. The summed E-state index contributed by atoms with van der Waals surface area (Å²) < 4.78 is 13.1. The molecule has 6 nitrogen and oxygen atoms in total. The van der Waals surface area contributed by atoms with Gasteiger partial charge in [0.25, 0.3) is 0 Å². The van der Waals surface area contributed by atoms with Crippen LogP contribution in [0.1, 0.15) is 45.6 Å². The summed E-state index contributed by atoms with van der Waals surface area (Å²) in [5, 5.41) is 10.3. The first kappa shape index (κ1) is 19.8. The summed E-state index contributed by atoms with van der Waals surface area (Å²) in [4.78, 5) is 30.6. The van der Waals surface area contributed by atoms with Crippen molar-refractivity contribution < 1.29 is 14.0 Å². The normalized spacial score (nSPS) is 17.1. The standard InChI is InChI=1S/C19H25FN4O2/c1-12(20)13-7-8-16(22-11-13)24-9-5-6-14(24)18(26)23-17(25)10-15(21)19(2,3)4/h7-8,11,14,21H,1,5-6,9-10H2,2-4H3,(H,23,25,26). The molecule has 0 bridgehead atoms. The van der Waals surface area contributed by atoms with E-state index in [-0.39, 0.29) is 12.1 Å². The van der Waals surface area contributed by atoms with Gasteiger partial charge < -0.3 is 10.3 Å². The van der Waals surface area contributed by atoms with E-state index in [9.17, 15) is 14.0 Å². The number of carbonyl (C=O) groups excluding carboxylic acids is 2. The predicted molar refractivity (Wildman–Crippen MR) is 99.7 cm³/mol. The van der Waals surface area contributed by atoms with Gasteiger partial charge in [0.1, 0.15) is 17.7 Å². The molecule has 2 N–H and O–H groups in total. The summed E-state index contributed by atoms with van der Waals surface area (Å²) in [6, 6.07) is 2.70. The van der Waals surface area contributed by atoms with Gasteiger partial charge in [0.15, 0.2) is 0 Å². The Bertz CT molecular complexity index is 722. The van der Waals surface area contributed by atoms with Crippen molar-refractivity contribution in [1.82, 2.24) is 10.3 Å². The van der Waals surface area contributed by atoms with Crippen LogP contribution in [0.15, 0.2) is 24.9 Å². The topological polar surface area (TPSA) is 86.2 Å². The van der Waals surface area contributed by atoms with E-state index in [4.69, 9.17) is 5.41 Å². The molecule has 1 aliphatic heterocycles. The van der Waals surface area contributed by atoms with E-state index >= 15 is 0 Å². The second-order valence-corrected chi connectivity index (χ2v) is 7.48. The second-order valence-electron chi connectivity index (χ2n) is 7.48. The molecule has 1 saturated heterocycles. The molecule has 2 amide bonds. The van der Waals surface area contributed by atoms with Crippen LogP contribution in [0, 0.1) is 10.8 Å². The van der Waals surface area contributed by atoms with Crippen LogP contribution in [-0.2, 0) is 9.59 Å². The number of nitrogens with one attached hydrogen (secondary N) is 2.